The van der Waals surface area contributed by atoms with Gasteiger partial charge in [-0.3, -0.25) is 0 Å². The van der Waals surface area contributed by atoms with Crippen LogP contribution < -0.4 is 5.73 Å². The zero-order chi connectivity index (χ0) is 9.84. The van der Waals surface area contributed by atoms with Crippen LogP contribution in [-0.4, -0.2) is 6.04 Å². The molecule has 1 aliphatic rings. The van der Waals surface area contributed by atoms with Gasteiger partial charge < -0.3 is 5.73 Å². The first-order valence-electron chi connectivity index (χ1n) is 5.85. The Morgan fingerprint density at radius 3 is 2.15 bits per heavy atom. The molecule has 0 amide bonds. The minimum absolute atomic E-state index is 0.429. The quantitative estimate of drug-likeness (QED) is 0.714. The molecule has 1 saturated carbocycles. The molecule has 1 rings (SSSR count). The zero-order valence-electron chi connectivity index (χ0n) is 9.42. The standard InChI is InChI=1S/C12H25N/c1-9(2)12(13)8-11-6-4-10(3)5-7-11/h9-12H,4-8,13H2,1-3H3. The molecule has 0 spiro atoms. The summed E-state index contributed by atoms with van der Waals surface area (Å²) in [6.07, 6.45) is 6.94. The third kappa shape index (κ3) is 3.68. The molecule has 1 aliphatic carbocycles. The number of hydrogen-bond donors (Lipinski definition) is 1. The number of hydrogen-bond acceptors (Lipinski definition) is 1. The smallest absolute Gasteiger partial charge is 0.00645 e. The van der Waals surface area contributed by atoms with Crippen LogP contribution in [0.4, 0.5) is 0 Å². The molecule has 0 aromatic heterocycles. The topological polar surface area (TPSA) is 26.0 Å². The van der Waals surface area contributed by atoms with Gasteiger partial charge >= 0.3 is 0 Å². The first-order chi connectivity index (χ1) is 6.09. The van der Waals surface area contributed by atoms with Crippen molar-refractivity contribution in [2.75, 3.05) is 0 Å². The Morgan fingerprint density at radius 2 is 1.69 bits per heavy atom. The van der Waals surface area contributed by atoms with E-state index in [-0.39, 0.29) is 0 Å². The predicted octanol–water partition coefficient (Wildman–Crippen LogP) is 3.19. The lowest BCUT2D eigenvalue weighted by molar-refractivity contribution is 0.251. The van der Waals surface area contributed by atoms with Crippen molar-refractivity contribution < 1.29 is 0 Å². The lowest BCUT2D eigenvalue weighted by atomic mass is 9.79. The molecule has 0 radical (unpaired) electrons. The molecule has 13 heavy (non-hydrogen) atoms. The second-order valence-corrected chi connectivity index (χ2v) is 5.27. The maximum Gasteiger partial charge on any atom is 0.00645 e. The van der Waals surface area contributed by atoms with Crippen LogP contribution in [0, 0.1) is 17.8 Å². The van der Waals surface area contributed by atoms with E-state index < -0.39 is 0 Å². The lowest BCUT2D eigenvalue weighted by Gasteiger charge is -2.29. The van der Waals surface area contributed by atoms with Crippen LogP contribution in [0.2, 0.25) is 0 Å². The second-order valence-electron chi connectivity index (χ2n) is 5.27. The molecule has 1 fully saturated rings. The Balaban J connectivity index is 2.22. The third-order valence-corrected chi connectivity index (χ3v) is 3.60. The van der Waals surface area contributed by atoms with Crippen LogP contribution in [-0.2, 0) is 0 Å². The van der Waals surface area contributed by atoms with Crippen LogP contribution in [0.15, 0.2) is 0 Å². The van der Waals surface area contributed by atoms with E-state index in [2.05, 4.69) is 20.8 Å². The fraction of sp³-hybridized carbons (Fsp3) is 1.00. The largest absolute Gasteiger partial charge is 0.327 e. The Kier molecular flexibility index (Phi) is 4.24. The van der Waals surface area contributed by atoms with Gasteiger partial charge in [-0.2, -0.15) is 0 Å². The lowest BCUT2D eigenvalue weighted by Crippen LogP contribution is -2.30. The molecular weight excluding hydrogens is 158 g/mol. The maximum atomic E-state index is 6.08. The molecule has 1 nitrogen and oxygen atoms in total. The van der Waals surface area contributed by atoms with E-state index >= 15 is 0 Å². The molecule has 0 aromatic carbocycles. The van der Waals surface area contributed by atoms with Gasteiger partial charge in [0.15, 0.2) is 0 Å². The highest BCUT2D eigenvalue weighted by molar-refractivity contribution is 4.75. The predicted molar refractivity (Wildman–Crippen MR) is 58.6 cm³/mol. The molecular formula is C12H25N. The van der Waals surface area contributed by atoms with Crippen LogP contribution in [0.3, 0.4) is 0 Å². The van der Waals surface area contributed by atoms with Gasteiger partial charge in [-0.25, -0.2) is 0 Å². The van der Waals surface area contributed by atoms with Crippen molar-refractivity contribution in [1.82, 2.24) is 0 Å². The van der Waals surface area contributed by atoms with E-state index in [1.165, 1.54) is 32.1 Å². The molecule has 0 aliphatic heterocycles. The van der Waals surface area contributed by atoms with Gasteiger partial charge in [0.2, 0.25) is 0 Å². The third-order valence-electron chi connectivity index (χ3n) is 3.60. The van der Waals surface area contributed by atoms with E-state index in [0.717, 1.165) is 11.8 Å². The van der Waals surface area contributed by atoms with E-state index in [0.29, 0.717) is 12.0 Å². The molecule has 2 N–H and O–H groups in total. The second kappa shape index (κ2) is 4.99. The average molecular weight is 183 g/mol. The molecule has 1 heteroatoms. The van der Waals surface area contributed by atoms with Crippen molar-refractivity contribution in [3.05, 3.63) is 0 Å². The van der Waals surface area contributed by atoms with Gasteiger partial charge in [0.1, 0.15) is 0 Å². The summed E-state index contributed by atoms with van der Waals surface area (Å²) in [5, 5.41) is 0. The highest BCUT2D eigenvalue weighted by atomic mass is 14.6. The van der Waals surface area contributed by atoms with Gasteiger partial charge in [-0.1, -0.05) is 46.5 Å². The molecule has 0 heterocycles. The summed E-state index contributed by atoms with van der Waals surface area (Å²) in [6.45, 7) is 6.84. The van der Waals surface area contributed by atoms with Crippen molar-refractivity contribution in [2.24, 2.45) is 23.5 Å². The van der Waals surface area contributed by atoms with Gasteiger partial charge in [-0.15, -0.1) is 0 Å². The van der Waals surface area contributed by atoms with Crippen LogP contribution in [0.1, 0.15) is 52.9 Å². The molecule has 78 valence electrons. The molecule has 0 saturated heterocycles. The van der Waals surface area contributed by atoms with Gasteiger partial charge in [0, 0.05) is 6.04 Å². The summed E-state index contributed by atoms with van der Waals surface area (Å²) in [6, 6.07) is 0.429. The van der Waals surface area contributed by atoms with Crippen molar-refractivity contribution in [2.45, 2.75) is 58.9 Å². The summed E-state index contributed by atoms with van der Waals surface area (Å²) >= 11 is 0. The zero-order valence-corrected chi connectivity index (χ0v) is 9.42. The summed E-state index contributed by atoms with van der Waals surface area (Å²) in [7, 11) is 0. The normalized spacial score (nSPS) is 32.1. The molecule has 1 unspecified atom stereocenters. The van der Waals surface area contributed by atoms with E-state index in [1.54, 1.807) is 0 Å². The monoisotopic (exact) mass is 183 g/mol. The molecule has 0 aromatic rings. The van der Waals surface area contributed by atoms with E-state index in [9.17, 15) is 0 Å². The minimum Gasteiger partial charge on any atom is -0.327 e. The summed E-state index contributed by atoms with van der Waals surface area (Å²) in [5.41, 5.74) is 6.08. The average Bonchev–Trinajstić information content (AvgIpc) is 2.08. The van der Waals surface area contributed by atoms with Crippen molar-refractivity contribution in [3.8, 4) is 0 Å². The summed E-state index contributed by atoms with van der Waals surface area (Å²) in [4.78, 5) is 0. The fourth-order valence-corrected chi connectivity index (χ4v) is 2.22. The number of nitrogens with two attached hydrogens (primary N) is 1. The Bertz CT molecular complexity index is 134. The Labute approximate surface area is 83.1 Å². The van der Waals surface area contributed by atoms with Gasteiger partial charge in [0.25, 0.3) is 0 Å². The minimum atomic E-state index is 0.429. The highest BCUT2D eigenvalue weighted by Gasteiger charge is 2.21. The van der Waals surface area contributed by atoms with E-state index in [1.807, 2.05) is 0 Å². The maximum absolute atomic E-state index is 6.08. The van der Waals surface area contributed by atoms with Crippen molar-refractivity contribution in [3.63, 3.8) is 0 Å². The Hall–Kier alpha value is -0.0400. The fourth-order valence-electron chi connectivity index (χ4n) is 2.22. The first-order valence-corrected chi connectivity index (χ1v) is 5.85. The van der Waals surface area contributed by atoms with E-state index in [4.69, 9.17) is 5.73 Å². The molecule has 1 atom stereocenters. The summed E-state index contributed by atoms with van der Waals surface area (Å²) < 4.78 is 0. The van der Waals surface area contributed by atoms with Crippen molar-refractivity contribution in [1.29, 1.82) is 0 Å². The summed E-state index contributed by atoms with van der Waals surface area (Å²) in [5.74, 6) is 2.54. The highest BCUT2D eigenvalue weighted by Crippen LogP contribution is 2.31. The number of rotatable bonds is 3. The Morgan fingerprint density at radius 1 is 1.15 bits per heavy atom. The first kappa shape index (κ1) is 11.0. The van der Waals surface area contributed by atoms with Crippen LogP contribution in [0.25, 0.3) is 0 Å². The van der Waals surface area contributed by atoms with Gasteiger partial charge in [0.05, 0.1) is 0 Å². The van der Waals surface area contributed by atoms with Crippen LogP contribution >= 0.6 is 0 Å². The SMILES string of the molecule is CC1CCC(CC(N)C(C)C)CC1. The van der Waals surface area contributed by atoms with Gasteiger partial charge in [-0.05, 0) is 24.2 Å². The van der Waals surface area contributed by atoms with Crippen molar-refractivity contribution >= 4 is 0 Å². The van der Waals surface area contributed by atoms with Crippen LogP contribution in [0.5, 0.6) is 0 Å². The molecule has 0 bridgehead atoms.